The predicted octanol–water partition coefficient (Wildman–Crippen LogP) is 3.12. The van der Waals surface area contributed by atoms with E-state index in [0.29, 0.717) is 28.3 Å². The van der Waals surface area contributed by atoms with E-state index >= 15 is 0 Å². The smallest absolute Gasteiger partial charge is 0.681 e. The molecule has 1 aliphatic carbocycles. The van der Waals surface area contributed by atoms with E-state index in [0.717, 1.165) is 57.2 Å². The Balaban J connectivity index is 0.00000417. The summed E-state index contributed by atoms with van der Waals surface area (Å²) in [6.45, 7) is 10.2. The Hall–Kier alpha value is -3.20. The molecule has 4 aliphatic rings. The van der Waals surface area contributed by atoms with Crippen LogP contribution < -0.4 is 20.7 Å². The number of esters is 1. The number of carbonyl (C=O) groups is 1. The third kappa shape index (κ3) is 5.36. The number of aromatic nitrogens is 2. The van der Waals surface area contributed by atoms with Crippen LogP contribution in [-0.4, -0.2) is 65.8 Å². The van der Waals surface area contributed by atoms with E-state index in [9.17, 15) is 15.0 Å². The van der Waals surface area contributed by atoms with E-state index < -0.39 is 24.4 Å². The fourth-order valence-electron chi connectivity index (χ4n) is 7.61. The van der Waals surface area contributed by atoms with Gasteiger partial charge < -0.3 is 40.3 Å². The number of nitrogens with zero attached hydrogens (tertiary/aromatic N) is 4. The van der Waals surface area contributed by atoms with Gasteiger partial charge in [0.2, 0.25) is 0 Å². The molecule has 2 aromatic rings. The summed E-state index contributed by atoms with van der Waals surface area (Å²) in [4.78, 5) is 22.5. The van der Waals surface area contributed by atoms with Gasteiger partial charge in [-0.2, -0.15) is 5.70 Å². The van der Waals surface area contributed by atoms with Gasteiger partial charge in [-0.25, -0.2) is 0 Å². The molecule has 7 atom stereocenters. The summed E-state index contributed by atoms with van der Waals surface area (Å²) in [5.41, 5.74) is 9.31. The second kappa shape index (κ2) is 13.1. The van der Waals surface area contributed by atoms with E-state index in [-0.39, 0.29) is 53.2 Å². The van der Waals surface area contributed by atoms with Crippen LogP contribution in [0.5, 0.6) is 0 Å². The van der Waals surface area contributed by atoms with Gasteiger partial charge >= 0.3 is 29.0 Å². The molecule has 1 saturated heterocycles. The first-order chi connectivity index (χ1) is 21.5. The van der Waals surface area contributed by atoms with Crippen LogP contribution in [0, 0.1) is 49.9 Å². The molecule has 1 fully saturated rings. The van der Waals surface area contributed by atoms with Crippen LogP contribution in [-0.2, 0) is 20.7 Å². The van der Waals surface area contributed by atoms with E-state index in [1.54, 1.807) is 0 Å². The van der Waals surface area contributed by atoms with Crippen molar-refractivity contribution in [2.24, 2.45) is 23.7 Å². The molecule has 3 aliphatic heterocycles. The van der Waals surface area contributed by atoms with Crippen molar-refractivity contribution in [1.82, 2.24) is 9.97 Å². The number of allylic oxidation sites excluding steroid dienone is 3. The molecule has 0 spiro atoms. The molecule has 2 aromatic heterocycles. The van der Waals surface area contributed by atoms with E-state index in [4.69, 9.17) is 36.5 Å². The average molecular weight is 633 g/mol. The van der Waals surface area contributed by atoms with Crippen LogP contribution in [0.4, 0.5) is 0 Å². The van der Waals surface area contributed by atoms with Gasteiger partial charge in [-0.1, -0.05) is 71.9 Å². The molecule has 46 heavy (non-hydrogen) atoms. The van der Waals surface area contributed by atoms with Crippen molar-refractivity contribution < 1.29 is 24.5 Å². The van der Waals surface area contributed by atoms with Gasteiger partial charge in [-0.05, 0) is 51.0 Å². The number of aliphatic hydroxyl groups excluding tert-OH is 2. The first-order valence-corrected chi connectivity index (χ1v) is 15.6. The molecule has 2 N–H and O–H groups in total. The number of terminal acetylenes is 1. The van der Waals surface area contributed by atoms with Crippen LogP contribution in [0.3, 0.4) is 0 Å². The summed E-state index contributed by atoms with van der Waals surface area (Å²) in [6, 6.07) is -0.477. The fourth-order valence-corrected chi connectivity index (χ4v) is 7.61. The van der Waals surface area contributed by atoms with Crippen molar-refractivity contribution in [2.75, 3.05) is 14.2 Å². The van der Waals surface area contributed by atoms with Crippen LogP contribution in [0.25, 0.3) is 28.4 Å². The number of fused-ring (bicyclic) bond motifs is 8. The summed E-state index contributed by atoms with van der Waals surface area (Å²) in [6.07, 6.45) is 11.2. The van der Waals surface area contributed by atoms with Crippen molar-refractivity contribution in [3.05, 3.63) is 83.7 Å². The summed E-state index contributed by atoms with van der Waals surface area (Å²) >= 11 is 0. The first-order valence-electron chi connectivity index (χ1n) is 15.6. The number of ether oxygens (including phenoxy) is 2. The fraction of sp³-hybridized carbons (Fsp3) is 0.472. The Morgan fingerprint density at radius 2 is 1.83 bits per heavy atom. The number of aliphatic hydroxyl groups is 2. The number of carbonyl (C=O) groups excluding carboxylic acids is 1. The zero-order valence-corrected chi connectivity index (χ0v) is 29.0. The molecule has 238 valence electrons. The minimum absolute atomic E-state index is 0. The van der Waals surface area contributed by atoms with Crippen LogP contribution in [0.1, 0.15) is 73.4 Å². The van der Waals surface area contributed by atoms with Gasteiger partial charge in [0.1, 0.15) is 0 Å². The van der Waals surface area contributed by atoms with Gasteiger partial charge in [0.05, 0.1) is 19.1 Å². The van der Waals surface area contributed by atoms with Crippen molar-refractivity contribution in [1.29, 1.82) is 0 Å². The van der Waals surface area contributed by atoms with Gasteiger partial charge in [-0.3, -0.25) is 4.79 Å². The first kappa shape index (κ1) is 34.1. The van der Waals surface area contributed by atoms with Gasteiger partial charge in [0.15, 0.2) is 6.29 Å². The average Bonchev–Trinajstić information content (AvgIpc) is 3.76. The Bertz CT molecular complexity index is 1820. The summed E-state index contributed by atoms with van der Waals surface area (Å²) in [7, 11) is 2.80. The third-order valence-electron chi connectivity index (χ3n) is 10.3. The second-order valence-corrected chi connectivity index (χ2v) is 12.5. The Labute approximate surface area is 286 Å². The Morgan fingerprint density at radius 3 is 2.48 bits per heavy atom. The maximum Gasteiger partial charge on any atom is 2.00 e. The van der Waals surface area contributed by atoms with Crippen LogP contribution >= 0.6 is 0 Å². The molecule has 10 heteroatoms. The summed E-state index contributed by atoms with van der Waals surface area (Å²) < 4.78 is 10.4. The largest absolute Gasteiger partial charge is 2.00 e. The minimum Gasteiger partial charge on any atom is -0.681 e. The number of rotatable bonds is 6. The zero-order valence-electron chi connectivity index (χ0n) is 27.6. The third-order valence-corrected chi connectivity index (χ3v) is 10.3. The SMILES string of the molecule is C#C[C@H]1C(C)=C2/C=C3\[N-]C(C4=c5[n-]/c(c(C)c5[C@@H](O)[C@@H]4C(O)OC)=C\c4[n-]c(c(C)c4CC)/C=C/1[N-]2)[C@@H](CCC(=O)OC)[C@@H]3C.[Mg+2]. The van der Waals surface area contributed by atoms with E-state index in [2.05, 4.69) is 26.7 Å². The molecule has 2 unspecified atom stereocenters. The Kier molecular flexibility index (Phi) is 9.74. The Morgan fingerprint density at radius 1 is 1.09 bits per heavy atom. The van der Waals surface area contributed by atoms with Gasteiger partial charge in [0.25, 0.3) is 0 Å². The van der Waals surface area contributed by atoms with E-state index in [1.807, 2.05) is 32.1 Å². The molecule has 5 heterocycles. The maximum absolute atomic E-state index is 12.3. The van der Waals surface area contributed by atoms with Crippen molar-refractivity contribution in [3.63, 3.8) is 0 Å². The molecule has 6 rings (SSSR count). The molecule has 8 bridgehead atoms. The molecule has 0 saturated carbocycles. The van der Waals surface area contributed by atoms with E-state index in [1.165, 1.54) is 14.2 Å². The second-order valence-electron chi connectivity index (χ2n) is 12.5. The van der Waals surface area contributed by atoms with Crippen LogP contribution in [0.2, 0.25) is 0 Å². The predicted molar refractivity (Wildman–Crippen MR) is 177 cm³/mol. The van der Waals surface area contributed by atoms with Crippen LogP contribution in [0.15, 0.2) is 28.7 Å². The number of methoxy groups -OCH3 is 2. The topological polar surface area (TPSA) is 132 Å². The van der Waals surface area contributed by atoms with Crippen molar-refractivity contribution in [2.45, 2.75) is 72.3 Å². The maximum atomic E-state index is 12.3. The molecular weight excluding hydrogens is 593 g/mol. The van der Waals surface area contributed by atoms with Crippen molar-refractivity contribution >= 4 is 46.7 Å². The van der Waals surface area contributed by atoms with Gasteiger partial charge in [-0.15, -0.1) is 39.9 Å². The van der Waals surface area contributed by atoms with Crippen molar-refractivity contribution in [3.8, 4) is 12.3 Å². The molecule has 0 radical (unpaired) electrons. The monoisotopic (exact) mass is 632 g/mol. The summed E-state index contributed by atoms with van der Waals surface area (Å²) in [5.74, 6) is 1.32. The molecule has 0 aromatic carbocycles. The number of hydrogen-bond acceptors (Lipinski definition) is 5. The normalized spacial score (nSPS) is 29.7. The minimum atomic E-state index is -1.28. The standard InChI is InChI=1S/C36H40N4O5.Mg/c1-9-20-16(3)23-13-25-18(5)22(11-12-29(41)44-7)33(39-25)31-32(36(43)45-8)35(42)30-19(6)26(40-34(30)31)15-28-21(10-2)17(4)24(38-28)14-27(20)37-23;/h1,13-15,18,20,22,32-33,35-36,42-43H,10-12H2,2-8H3;/q-4;+2/b25-13-,26-15-,27-14-;/t18-,20-,22-,32+,33?,35+,36?;/m0./s1. The quantitative estimate of drug-likeness (QED) is 0.216. The zero-order chi connectivity index (χ0) is 32.3. The number of hydrogen-bond donors (Lipinski definition) is 2. The molecule has 9 nitrogen and oxygen atoms in total. The van der Waals surface area contributed by atoms with Gasteiger partial charge in [0, 0.05) is 19.4 Å². The molecule has 0 amide bonds. The summed E-state index contributed by atoms with van der Waals surface area (Å²) in [5, 5.41) is 34.5. The molecular formula is C36H40MgN4O5-2.